The van der Waals surface area contributed by atoms with E-state index in [2.05, 4.69) is 14.7 Å². The van der Waals surface area contributed by atoms with Gasteiger partial charge in [-0.05, 0) is 18.8 Å². The summed E-state index contributed by atoms with van der Waals surface area (Å²) < 4.78 is 3.90. The molecular formula is C7H12N4S. The molecule has 0 radical (unpaired) electrons. The zero-order chi connectivity index (χ0) is 8.39. The summed E-state index contributed by atoms with van der Waals surface area (Å²) in [5.74, 6) is 0.740. The Morgan fingerprint density at radius 2 is 2.50 bits per heavy atom. The summed E-state index contributed by atoms with van der Waals surface area (Å²) in [4.78, 5) is 4.03. The van der Waals surface area contributed by atoms with Crippen molar-refractivity contribution >= 4 is 16.7 Å². The second kappa shape index (κ2) is 3.37. The minimum atomic E-state index is 0.436. The highest BCUT2D eigenvalue weighted by atomic mass is 32.1. The van der Waals surface area contributed by atoms with E-state index < -0.39 is 0 Å². The monoisotopic (exact) mass is 184 g/mol. The summed E-state index contributed by atoms with van der Waals surface area (Å²) in [6, 6.07) is 0.436. The summed E-state index contributed by atoms with van der Waals surface area (Å²) in [5.41, 5.74) is 5.66. The Kier molecular flexibility index (Phi) is 2.23. The normalized spacial score (nSPS) is 28.1. The van der Waals surface area contributed by atoms with Gasteiger partial charge >= 0.3 is 0 Å². The molecule has 4 nitrogen and oxygen atoms in total. The molecule has 1 heterocycles. The summed E-state index contributed by atoms with van der Waals surface area (Å²) in [5, 5.41) is 4.15. The molecule has 0 amide bonds. The lowest BCUT2D eigenvalue weighted by atomic mass is 9.81. The molecule has 0 atom stereocenters. The van der Waals surface area contributed by atoms with Crippen LogP contribution in [0.15, 0.2) is 6.33 Å². The van der Waals surface area contributed by atoms with Crippen molar-refractivity contribution in [2.45, 2.75) is 18.9 Å². The molecule has 5 heteroatoms. The van der Waals surface area contributed by atoms with E-state index in [0.717, 1.165) is 30.4 Å². The summed E-state index contributed by atoms with van der Waals surface area (Å²) in [6.45, 7) is 0.989. The average Bonchev–Trinajstić information content (AvgIpc) is 2.47. The molecule has 1 aliphatic carbocycles. The average molecular weight is 184 g/mol. The van der Waals surface area contributed by atoms with Crippen molar-refractivity contribution in [1.29, 1.82) is 0 Å². The van der Waals surface area contributed by atoms with E-state index in [1.165, 1.54) is 11.5 Å². The summed E-state index contributed by atoms with van der Waals surface area (Å²) >= 11 is 1.40. The second-order valence-electron chi connectivity index (χ2n) is 3.22. The van der Waals surface area contributed by atoms with Crippen molar-refractivity contribution in [3.8, 4) is 0 Å². The number of anilines is 1. The van der Waals surface area contributed by atoms with Crippen LogP contribution in [0.5, 0.6) is 0 Å². The minimum absolute atomic E-state index is 0.436. The van der Waals surface area contributed by atoms with Gasteiger partial charge in [0.25, 0.3) is 0 Å². The van der Waals surface area contributed by atoms with Crippen LogP contribution in [-0.2, 0) is 0 Å². The van der Waals surface area contributed by atoms with Crippen LogP contribution in [0.4, 0.5) is 5.13 Å². The fraction of sp³-hybridized carbons (Fsp3) is 0.714. The first-order valence-electron chi connectivity index (χ1n) is 4.10. The standard InChI is InChI=1S/C7H12N4S/c8-6-1-5(2-6)3-9-7-10-4-11-12-7/h4-6H,1-3,8H2,(H,9,10,11). The molecule has 1 fully saturated rings. The molecule has 1 aromatic heterocycles. The van der Waals surface area contributed by atoms with Gasteiger partial charge in [-0.25, -0.2) is 4.98 Å². The lowest BCUT2D eigenvalue weighted by Gasteiger charge is -2.32. The first kappa shape index (κ1) is 7.94. The highest BCUT2D eigenvalue weighted by molar-refractivity contribution is 7.09. The quantitative estimate of drug-likeness (QED) is 0.725. The van der Waals surface area contributed by atoms with Gasteiger partial charge in [0.2, 0.25) is 5.13 Å². The van der Waals surface area contributed by atoms with Gasteiger partial charge in [0.05, 0.1) is 0 Å². The highest BCUT2D eigenvalue weighted by Crippen LogP contribution is 2.25. The topological polar surface area (TPSA) is 63.8 Å². The Balaban J connectivity index is 1.70. The molecule has 0 spiro atoms. The largest absolute Gasteiger partial charge is 0.360 e. The minimum Gasteiger partial charge on any atom is -0.360 e. The molecule has 3 N–H and O–H groups in total. The number of hydrogen-bond acceptors (Lipinski definition) is 5. The first-order valence-corrected chi connectivity index (χ1v) is 4.88. The fourth-order valence-corrected chi connectivity index (χ4v) is 1.87. The zero-order valence-corrected chi connectivity index (χ0v) is 7.55. The first-order chi connectivity index (χ1) is 5.84. The maximum atomic E-state index is 5.66. The van der Waals surface area contributed by atoms with E-state index in [0.29, 0.717) is 6.04 Å². The highest BCUT2D eigenvalue weighted by Gasteiger charge is 2.25. The molecular weight excluding hydrogens is 172 g/mol. The molecule has 1 saturated carbocycles. The zero-order valence-electron chi connectivity index (χ0n) is 6.73. The van der Waals surface area contributed by atoms with Crippen LogP contribution in [0.2, 0.25) is 0 Å². The summed E-state index contributed by atoms with van der Waals surface area (Å²) in [7, 11) is 0. The number of hydrogen-bond donors (Lipinski definition) is 2. The molecule has 0 aliphatic heterocycles. The van der Waals surface area contributed by atoms with Crippen LogP contribution < -0.4 is 11.1 Å². The second-order valence-corrected chi connectivity index (χ2v) is 4.00. The Hall–Kier alpha value is -0.680. The number of rotatable bonds is 3. The van der Waals surface area contributed by atoms with E-state index in [1.807, 2.05) is 0 Å². The van der Waals surface area contributed by atoms with Gasteiger partial charge in [-0.3, -0.25) is 0 Å². The Morgan fingerprint density at radius 3 is 3.08 bits per heavy atom. The van der Waals surface area contributed by atoms with Gasteiger partial charge in [-0.2, -0.15) is 4.37 Å². The van der Waals surface area contributed by atoms with Crippen molar-refractivity contribution in [1.82, 2.24) is 9.36 Å². The molecule has 0 bridgehead atoms. The van der Waals surface area contributed by atoms with Gasteiger partial charge in [0.1, 0.15) is 6.33 Å². The van der Waals surface area contributed by atoms with E-state index in [4.69, 9.17) is 5.73 Å². The van der Waals surface area contributed by atoms with E-state index in [1.54, 1.807) is 6.33 Å². The predicted molar refractivity (Wildman–Crippen MR) is 49.1 cm³/mol. The van der Waals surface area contributed by atoms with Gasteiger partial charge in [-0.1, -0.05) is 0 Å². The Labute approximate surface area is 75.4 Å². The molecule has 66 valence electrons. The number of aromatic nitrogens is 2. The lowest BCUT2D eigenvalue weighted by Crippen LogP contribution is -2.39. The Morgan fingerprint density at radius 1 is 1.67 bits per heavy atom. The smallest absolute Gasteiger partial charge is 0.202 e. The van der Waals surface area contributed by atoms with E-state index >= 15 is 0 Å². The van der Waals surface area contributed by atoms with Gasteiger partial charge in [0.15, 0.2) is 0 Å². The molecule has 0 aromatic carbocycles. The van der Waals surface area contributed by atoms with Crippen LogP contribution in [0, 0.1) is 5.92 Å². The number of nitrogens with zero attached hydrogens (tertiary/aromatic N) is 2. The molecule has 12 heavy (non-hydrogen) atoms. The van der Waals surface area contributed by atoms with E-state index in [-0.39, 0.29) is 0 Å². The third-order valence-corrected chi connectivity index (χ3v) is 2.80. The van der Waals surface area contributed by atoms with Crippen molar-refractivity contribution in [3.05, 3.63) is 6.33 Å². The number of nitrogens with two attached hydrogens (primary N) is 1. The molecule has 1 aliphatic rings. The van der Waals surface area contributed by atoms with Crippen LogP contribution in [0.25, 0.3) is 0 Å². The van der Waals surface area contributed by atoms with Crippen LogP contribution in [0.3, 0.4) is 0 Å². The molecule has 0 saturated heterocycles. The molecule has 0 unspecified atom stereocenters. The predicted octanol–water partition coefficient (Wildman–Crippen LogP) is 0.687. The lowest BCUT2D eigenvalue weighted by molar-refractivity contribution is 0.280. The third kappa shape index (κ3) is 1.73. The fourth-order valence-electron chi connectivity index (χ4n) is 1.44. The van der Waals surface area contributed by atoms with Crippen molar-refractivity contribution in [2.75, 3.05) is 11.9 Å². The summed E-state index contributed by atoms with van der Waals surface area (Å²) in [6.07, 6.45) is 3.86. The third-order valence-electron chi connectivity index (χ3n) is 2.18. The van der Waals surface area contributed by atoms with E-state index in [9.17, 15) is 0 Å². The van der Waals surface area contributed by atoms with Crippen molar-refractivity contribution in [2.24, 2.45) is 11.7 Å². The Bertz CT molecular complexity index is 230. The van der Waals surface area contributed by atoms with Gasteiger partial charge in [0, 0.05) is 24.1 Å². The molecule has 2 rings (SSSR count). The van der Waals surface area contributed by atoms with Gasteiger partial charge in [-0.15, -0.1) is 0 Å². The van der Waals surface area contributed by atoms with Crippen molar-refractivity contribution < 1.29 is 0 Å². The SMILES string of the molecule is NC1CC(CNc2ncns2)C1. The number of nitrogens with one attached hydrogen (secondary N) is 1. The maximum Gasteiger partial charge on any atom is 0.202 e. The van der Waals surface area contributed by atoms with Crippen LogP contribution in [0.1, 0.15) is 12.8 Å². The van der Waals surface area contributed by atoms with Gasteiger partial charge < -0.3 is 11.1 Å². The van der Waals surface area contributed by atoms with Crippen molar-refractivity contribution in [3.63, 3.8) is 0 Å². The maximum absolute atomic E-state index is 5.66. The van der Waals surface area contributed by atoms with Crippen LogP contribution >= 0.6 is 11.5 Å². The molecule has 1 aromatic rings. The van der Waals surface area contributed by atoms with Crippen LogP contribution in [-0.4, -0.2) is 21.9 Å².